The summed E-state index contributed by atoms with van der Waals surface area (Å²) in [6, 6.07) is 9.44. The molecule has 2 nitrogen and oxygen atoms in total. The van der Waals surface area contributed by atoms with Gasteiger partial charge in [-0.25, -0.2) is 0 Å². The molecular formula is C26H40N2P. The summed E-state index contributed by atoms with van der Waals surface area (Å²) in [4.78, 5) is 4.63. The molecule has 1 aliphatic heterocycles. The van der Waals surface area contributed by atoms with E-state index in [0.717, 1.165) is 17.9 Å². The van der Waals surface area contributed by atoms with Crippen molar-refractivity contribution in [3.63, 3.8) is 0 Å². The number of unbranched alkanes of at least 4 members (excludes halogenated alkanes) is 1. The summed E-state index contributed by atoms with van der Waals surface area (Å²) in [5.41, 5.74) is 4.99. The van der Waals surface area contributed by atoms with E-state index >= 15 is 0 Å². The third-order valence-electron chi connectivity index (χ3n) is 7.12. The minimum Gasteiger partial charge on any atom is -0.352 e. The van der Waals surface area contributed by atoms with E-state index in [1.165, 1.54) is 88.9 Å². The minimum absolute atomic E-state index is 0.128. The van der Waals surface area contributed by atoms with Crippen molar-refractivity contribution in [1.29, 1.82) is 0 Å². The van der Waals surface area contributed by atoms with Crippen molar-refractivity contribution < 1.29 is 0 Å². The summed E-state index contributed by atoms with van der Waals surface area (Å²) in [6.07, 6.45) is 23.2. The molecule has 0 bridgehead atoms. The predicted molar refractivity (Wildman–Crippen MR) is 128 cm³/mol. The van der Waals surface area contributed by atoms with Gasteiger partial charge in [-0.3, -0.25) is 0 Å². The molecule has 0 N–H and O–H groups in total. The fraction of sp³-hybridized carbons (Fsp3) is 0.654. The van der Waals surface area contributed by atoms with E-state index in [1.54, 1.807) is 5.56 Å². The Hall–Kier alpha value is -1.01. The Morgan fingerprint density at radius 3 is 2.24 bits per heavy atom. The summed E-state index contributed by atoms with van der Waals surface area (Å²) >= 11 is 0. The van der Waals surface area contributed by atoms with Crippen molar-refractivity contribution in [2.24, 2.45) is 0 Å². The van der Waals surface area contributed by atoms with Crippen LogP contribution in [0.4, 0.5) is 5.69 Å². The van der Waals surface area contributed by atoms with Gasteiger partial charge in [-0.1, -0.05) is 71.9 Å². The van der Waals surface area contributed by atoms with Crippen molar-refractivity contribution in [2.75, 3.05) is 11.4 Å². The van der Waals surface area contributed by atoms with Crippen LogP contribution in [-0.4, -0.2) is 22.8 Å². The Labute approximate surface area is 180 Å². The molecule has 29 heavy (non-hydrogen) atoms. The third-order valence-corrected chi connectivity index (χ3v) is 10.8. The van der Waals surface area contributed by atoms with Gasteiger partial charge in [-0.05, 0) is 67.3 Å². The molecule has 1 aromatic carbocycles. The molecule has 0 atom stereocenters. The molecular weight excluding hydrogens is 371 g/mol. The SMILES string of the molecule is CCCCN1[CH]N(c2cccc(CP(C3CCCCC3)C3CCCCC3)c2)C=C1. The fourth-order valence-electron chi connectivity index (χ4n) is 5.43. The van der Waals surface area contributed by atoms with Gasteiger partial charge in [0.2, 0.25) is 0 Å². The Kier molecular flexibility index (Phi) is 7.94. The van der Waals surface area contributed by atoms with Gasteiger partial charge >= 0.3 is 0 Å². The average Bonchev–Trinajstić information content (AvgIpc) is 3.26. The largest absolute Gasteiger partial charge is 0.352 e. The van der Waals surface area contributed by atoms with Gasteiger partial charge in [0.15, 0.2) is 0 Å². The van der Waals surface area contributed by atoms with Crippen molar-refractivity contribution in [2.45, 2.75) is 101 Å². The van der Waals surface area contributed by atoms with Crippen LogP contribution in [0.1, 0.15) is 89.5 Å². The van der Waals surface area contributed by atoms with Crippen molar-refractivity contribution in [3.8, 4) is 0 Å². The van der Waals surface area contributed by atoms with Gasteiger partial charge < -0.3 is 9.80 Å². The molecule has 1 radical (unpaired) electrons. The average molecular weight is 412 g/mol. The van der Waals surface area contributed by atoms with E-state index in [2.05, 4.69) is 60.1 Å². The highest BCUT2D eigenvalue weighted by molar-refractivity contribution is 7.58. The molecule has 0 aromatic heterocycles. The number of hydrogen-bond donors (Lipinski definition) is 0. The molecule has 1 aromatic rings. The van der Waals surface area contributed by atoms with Gasteiger partial charge in [0.05, 0.1) is 0 Å². The summed E-state index contributed by atoms with van der Waals surface area (Å²) in [7, 11) is 0.128. The maximum atomic E-state index is 2.48. The lowest BCUT2D eigenvalue weighted by atomic mass is 9.99. The summed E-state index contributed by atoms with van der Waals surface area (Å²) < 4.78 is 0. The molecule has 3 aliphatic rings. The molecule has 159 valence electrons. The van der Waals surface area contributed by atoms with E-state index in [0.29, 0.717) is 0 Å². The topological polar surface area (TPSA) is 6.48 Å². The van der Waals surface area contributed by atoms with Crippen molar-refractivity contribution >= 4 is 13.6 Å². The molecule has 0 saturated heterocycles. The lowest BCUT2D eigenvalue weighted by molar-refractivity contribution is 0.452. The zero-order chi connectivity index (χ0) is 19.9. The number of hydrogen-bond acceptors (Lipinski definition) is 2. The number of rotatable bonds is 8. The first-order chi connectivity index (χ1) is 14.3. The fourth-order valence-corrected chi connectivity index (χ4v) is 9.22. The maximum Gasteiger partial charge on any atom is 0.145 e. The normalized spacial score (nSPS) is 21.4. The lowest BCUT2D eigenvalue weighted by Gasteiger charge is -2.38. The Balaban J connectivity index is 1.43. The van der Waals surface area contributed by atoms with Crippen LogP contribution in [0.3, 0.4) is 0 Å². The zero-order valence-electron chi connectivity index (χ0n) is 18.4. The van der Waals surface area contributed by atoms with Gasteiger partial charge in [-0.15, -0.1) is 0 Å². The summed E-state index contributed by atoms with van der Waals surface area (Å²) in [5, 5.41) is 0. The van der Waals surface area contributed by atoms with Crippen LogP contribution in [0.25, 0.3) is 0 Å². The predicted octanol–water partition coefficient (Wildman–Crippen LogP) is 7.85. The van der Waals surface area contributed by atoms with Gasteiger partial charge in [0.25, 0.3) is 0 Å². The standard InChI is InChI=1S/C26H40N2P/c1-2-3-17-27-18-19-28(22-27)24-12-10-11-23(20-24)21-29(25-13-6-4-7-14-25)26-15-8-5-9-16-26/h10-12,18-20,22,25-26H,2-9,13-17,21H2,1H3. The summed E-state index contributed by atoms with van der Waals surface area (Å²) in [6.45, 7) is 5.65. The maximum absolute atomic E-state index is 2.48. The molecule has 3 heteroatoms. The molecule has 0 amide bonds. The quantitative estimate of drug-likeness (QED) is 0.402. The van der Waals surface area contributed by atoms with Crippen LogP contribution in [0.5, 0.6) is 0 Å². The highest BCUT2D eigenvalue weighted by Gasteiger charge is 2.31. The van der Waals surface area contributed by atoms with Gasteiger partial charge in [-0.2, -0.15) is 0 Å². The van der Waals surface area contributed by atoms with E-state index in [4.69, 9.17) is 0 Å². The van der Waals surface area contributed by atoms with Crippen LogP contribution in [-0.2, 0) is 6.16 Å². The van der Waals surface area contributed by atoms with E-state index < -0.39 is 0 Å². The van der Waals surface area contributed by atoms with Crippen molar-refractivity contribution in [3.05, 3.63) is 48.9 Å². The first kappa shape index (κ1) is 21.2. The van der Waals surface area contributed by atoms with E-state index in [-0.39, 0.29) is 7.92 Å². The third kappa shape index (κ3) is 5.78. The van der Waals surface area contributed by atoms with E-state index in [9.17, 15) is 0 Å². The van der Waals surface area contributed by atoms with Crippen LogP contribution in [0.2, 0.25) is 0 Å². The highest BCUT2D eigenvalue weighted by atomic mass is 31.1. The number of benzene rings is 1. The second-order valence-electron chi connectivity index (χ2n) is 9.34. The van der Waals surface area contributed by atoms with Crippen LogP contribution < -0.4 is 4.90 Å². The lowest BCUT2D eigenvalue weighted by Crippen LogP contribution is -2.21. The van der Waals surface area contributed by atoms with Gasteiger partial charge in [0, 0.05) is 24.6 Å². The molecule has 0 unspecified atom stereocenters. The second-order valence-corrected chi connectivity index (χ2v) is 12.1. The smallest absolute Gasteiger partial charge is 0.145 e. The highest BCUT2D eigenvalue weighted by Crippen LogP contribution is 2.57. The molecule has 2 saturated carbocycles. The Bertz CT molecular complexity index is 628. The number of nitrogens with zero attached hydrogens (tertiary/aromatic N) is 2. The molecule has 1 heterocycles. The van der Waals surface area contributed by atoms with Crippen LogP contribution >= 0.6 is 7.92 Å². The van der Waals surface area contributed by atoms with E-state index in [1.807, 2.05) is 0 Å². The summed E-state index contributed by atoms with van der Waals surface area (Å²) in [5.74, 6) is 0. The molecule has 0 spiro atoms. The van der Waals surface area contributed by atoms with Crippen molar-refractivity contribution in [1.82, 2.24) is 4.90 Å². The molecule has 2 fully saturated rings. The van der Waals surface area contributed by atoms with Gasteiger partial charge in [0.1, 0.15) is 6.67 Å². The zero-order valence-corrected chi connectivity index (χ0v) is 19.3. The Morgan fingerprint density at radius 1 is 0.897 bits per heavy atom. The molecule has 4 rings (SSSR count). The monoisotopic (exact) mass is 411 g/mol. The first-order valence-corrected chi connectivity index (χ1v) is 13.9. The Morgan fingerprint density at radius 2 is 1.59 bits per heavy atom. The second kappa shape index (κ2) is 10.9. The van der Waals surface area contributed by atoms with Crippen LogP contribution in [0.15, 0.2) is 36.7 Å². The minimum atomic E-state index is 0.128. The first-order valence-electron chi connectivity index (χ1n) is 12.3. The van der Waals surface area contributed by atoms with Crippen LogP contribution in [0, 0.1) is 6.67 Å². The number of anilines is 1. The molecule has 2 aliphatic carbocycles.